The quantitative estimate of drug-likeness (QED) is 0.728. The van der Waals surface area contributed by atoms with Gasteiger partial charge in [0.1, 0.15) is 0 Å². The van der Waals surface area contributed by atoms with Crippen LogP contribution in [0.4, 0.5) is 8.78 Å². The highest BCUT2D eigenvalue weighted by Gasteiger charge is 2.09. The minimum atomic E-state index is -0.889. The number of hydrogen-bond donors (Lipinski definition) is 0. The van der Waals surface area contributed by atoms with Crippen molar-refractivity contribution in [3.8, 4) is 11.1 Å². The summed E-state index contributed by atoms with van der Waals surface area (Å²) in [4.78, 5) is 11.3. The Bertz CT molecular complexity index is 618. The number of hydrogen-bond acceptors (Lipinski definition) is 1. The fourth-order valence-corrected chi connectivity index (χ4v) is 1.82. The molecule has 0 aliphatic rings. The van der Waals surface area contributed by atoms with Crippen molar-refractivity contribution in [2.75, 3.05) is 0 Å². The molecule has 0 unspecified atom stereocenters. The molecule has 18 heavy (non-hydrogen) atoms. The Hall–Kier alpha value is -2.03. The van der Waals surface area contributed by atoms with Gasteiger partial charge in [0.05, 0.1) is 0 Å². The van der Waals surface area contributed by atoms with Gasteiger partial charge in [0.15, 0.2) is 17.4 Å². The molecule has 2 aromatic carbocycles. The number of halogens is 2. The summed E-state index contributed by atoms with van der Waals surface area (Å²) in [6.45, 7) is 3.33. The predicted molar refractivity (Wildman–Crippen MR) is 66.5 cm³/mol. The van der Waals surface area contributed by atoms with Crippen molar-refractivity contribution in [1.82, 2.24) is 0 Å². The summed E-state index contributed by atoms with van der Waals surface area (Å²) < 4.78 is 26.1. The molecule has 0 radical (unpaired) electrons. The Morgan fingerprint density at radius 1 is 1.00 bits per heavy atom. The maximum Gasteiger partial charge on any atom is 0.159 e. The molecule has 0 aromatic heterocycles. The van der Waals surface area contributed by atoms with Gasteiger partial charge < -0.3 is 0 Å². The SMILES string of the molecule is CC(=O)c1ccc(C)c(-c2ccc(F)c(F)c2)c1. The van der Waals surface area contributed by atoms with Crippen molar-refractivity contribution in [2.45, 2.75) is 13.8 Å². The highest BCUT2D eigenvalue weighted by Crippen LogP contribution is 2.26. The van der Waals surface area contributed by atoms with Crippen LogP contribution in [0.15, 0.2) is 36.4 Å². The van der Waals surface area contributed by atoms with Crippen molar-refractivity contribution >= 4 is 5.78 Å². The second-order valence-corrected chi connectivity index (χ2v) is 4.21. The molecule has 2 aromatic rings. The summed E-state index contributed by atoms with van der Waals surface area (Å²) >= 11 is 0. The van der Waals surface area contributed by atoms with Crippen LogP contribution in [-0.4, -0.2) is 5.78 Å². The Kier molecular flexibility index (Phi) is 3.24. The molecule has 0 saturated carbocycles. The van der Waals surface area contributed by atoms with E-state index in [1.807, 2.05) is 6.92 Å². The van der Waals surface area contributed by atoms with Crippen LogP contribution >= 0.6 is 0 Å². The van der Waals surface area contributed by atoms with Gasteiger partial charge in [-0.1, -0.05) is 18.2 Å². The number of aryl methyl sites for hydroxylation is 1. The molecule has 92 valence electrons. The molecule has 0 aliphatic heterocycles. The lowest BCUT2D eigenvalue weighted by Gasteiger charge is -2.08. The molecule has 3 heteroatoms. The summed E-state index contributed by atoms with van der Waals surface area (Å²) in [6, 6.07) is 8.95. The van der Waals surface area contributed by atoms with Gasteiger partial charge in [-0.15, -0.1) is 0 Å². The van der Waals surface area contributed by atoms with Crippen molar-refractivity contribution < 1.29 is 13.6 Å². The zero-order chi connectivity index (χ0) is 13.3. The minimum Gasteiger partial charge on any atom is -0.295 e. The first-order valence-electron chi connectivity index (χ1n) is 5.56. The molecule has 0 heterocycles. The average Bonchev–Trinajstić information content (AvgIpc) is 2.33. The normalized spacial score (nSPS) is 10.4. The number of rotatable bonds is 2. The van der Waals surface area contributed by atoms with E-state index >= 15 is 0 Å². The molecular weight excluding hydrogens is 234 g/mol. The number of carbonyl (C=O) groups is 1. The Morgan fingerprint density at radius 3 is 2.33 bits per heavy atom. The van der Waals surface area contributed by atoms with Crippen molar-refractivity contribution in [3.63, 3.8) is 0 Å². The van der Waals surface area contributed by atoms with Crippen LogP contribution in [0.3, 0.4) is 0 Å². The van der Waals surface area contributed by atoms with E-state index < -0.39 is 11.6 Å². The zero-order valence-electron chi connectivity index (χ0n) is 10.1. The third kappa shape index (κ3) is 2.30. The molecule has 0 amide bonds. The van der Waals surface area contributed by atoms with E-state index in [9.17, 15) is 13.6 Å². The van der Waals surface area contributed by atoms with Crippen LogP contribution in [0.1, 0.15) is 22.8 Å². The highest BCUT2D eigenvalue weighted by molar-refractivity contribution is 5.95. The van der Waals surface area contributed by atoms with Gasteiger partial charge >= 0.3 is 0 Å². The summed E-state index contributed by atoms with van der Waals surface area (Å²) in [5.74, 6) is -1.82. The molecule has 0 N–H and O–H groups in total. The molecule has 0 saturated heterocycles. The fourth-order valence-electron chi connectivity index (χ4n) is 1.82. The van der Waals surface area contributed by atoms with Gasteiger partial charge in [0.25, 0.3) is 0 Å². The first kappa shape index (κ1) is 12.4. The first-order chi connectivity index (χ1) is 8.49. The van der Waals surface area contributed by atoms with Gasteiger partial charge in [0, 0.05) is 5.56 Å². The van der Waals surface area contributed by atoms with E-state index in [2.05, 4.69) is 0 Å². The zero-order valence-corrected chi connectivity index (χ0v) is 10.1. The monoisotopic (exact) mass is 246 g/mol. The van der Waals surface area contributed by atoms with Crippen molar-refractivity contribution in [3.05, 3.63) is 59.2 Å². The summed E-state index contributed by atoms with van der Waals surface area (Å²) in [7, 11) is 0. The summed E-state index contributed by atoms with van der Waals surface area (Å²) in [5, 5.41) is 0. The second-order valence-electron chi connectivity index (χ2n) is 4.21. The lowest BCUT2D eigenvalue weighted by atomic mass is 9.97. The molecular formula is C15H12F2O. The standard InChI is InChI=1S/C15H12F2O/c1-9-3-4-11(10(2)18)7-13(9)12-5-6-14(16)15(17)8-12/h3-8H,1-2H3. The molecule has 2 rings (SSSR count). The summed E-state index contributed by atoms with van der Waals surface area (Å²) in [6.07, 6.45) is 0. The third-order valence-corrected chi connectivity index (χ3v) is 2.87. The Morgan fingerprint density at radius 2 is 1.72 bits per heavy atom. The third-order valence-electron chi connectivity index (χ3n) is 2.87. The number of Topliss-reactive ketones (excluding diaryl/α,β-unsaturated/α-hetero) is 1. The smallest absolute Gasteiger partial charge is 0.159 e. The average molecular weight is 246 g/mol. The molecule has 1 nitrogen and oxygen atoms in total. The molecule has 0 aliphatic carbocycles. The highest BCUT2D eigenvalue weighted by atomic mass is 19.2. The van der Waals surface area contributed by atoms with E-state index in [4.69, 9.17) is 0 Å². The van der Waals surface area contributed by atoms with E-state index in [1.165, 1.54) is 13.0 Å². The van der Waals surface area contributed by atoms with E-state index in [0.717, 1.165) is 23.3 Å². The first-order valence-corrected chi connectivity index (χ1v) is 5.56. The summed E-state index contributed by atoms with van der Waals surface area (Å²) in [5.41, 5.74) is 2.77. The molecule has 0 bridgehead atoms. The van der Waals surface area contributed by atoms with Crippen LogP contribution in [0, 0.1) is 18.6 Å². The lowest BCUT2D eigenvalue weighted by molar-refractivity contribution is 0.101. The Labute approximate surface area is 104 Å². The van der Waals surface area contributed by atoms with Gasteiger partial charge in [-0.2, -0.15) is 0 Å². The predicted octanol–water partition coefficient (Wildman–Crippen LogP) is 4.14. The largest absolute Gasteiger partial charge is 0.295 e. The van der Waals surface area contributed by atoms with Crippen LogP contribution < -0.4 is 0 Å². The number of ketones is 1. The molecule has 0 atom stereocenters. The van der Waals surface area contributed by atoms with Crippen LogP contribution in [-0.2, 0) is 0 Å². The van der Waals surface area contributed by atoms with Gasteiger partial charge in [-0.25, -0.2) is 8.78 Å². The van der Waals surface area contributed by atoms with Crippen LogP contribution in [0.5, 0.6) is 0 Å². The van der Waals surface area contributed by atoms with Crippen molar-refractivity contribution in [2.24, 2.45) is 0 Å². The topological polar surface area (TPSA) is 17.1 Å². The van der Waals surface area contributed by atoms with Crippen LogP contribution in [0.2, 0.25) is 0 Å². The van der Waals surface area contributed by atoms with Gasteiger partial charge in [-0.3, -0.25) is 4.79 Å². The fraction of sp³-hybridized carbons (Fsp3) is 0.133. The second kappa shape index (κ2) is 4.69. The number of carbonyl (C=O) groups excluding carboxylic acids is 1. The van der Waals surface area contributed by atoms with Gasteiger partial charge in [-0.05, 0) is 48.7 Å². The lowest BCUT2D eigenvalue weighted by Crippen LogP contribution is -1.94. The maximum absolute atomic E-state index is 13.2. The van der Waals surface area contributed by atoms with Crippen LogP contribution in [0.25, 0.3) is 11.1 Å². The molecule has 0 spiro atoms. The minimum absolute atomic E-state index is 0.0566. The van der Waals surface area contributed by atoms with E-state index in [-0.39, 0.29) is 5.78 Å². The van der Waals surface area contributed by atoms with E-state index in [1.54, 1.807) is 18.2 Å². The maximum atomic E-state index is 13.2. The van der Waals surface area contributed by atoms with Crippen molar-refractivity contribution in [1.29, 1.82) is 0 Å². The Balaban J connectivity index is 2.58. The number of benzene rings is 2. The molecule has 0 fully saturated rings. The van der Waals surface area contributed by atoms with E-state index in [0.29, 0.717) is 11.1 Å². The van der Waals surface area contributed by atoms with Gasteiger partial charge in [0.2, 0.25) is 0 Å².